The summed E-state index contributed by atoms with van der Waals surface area (Å²) < 4.78 is 3.64. The van der Waals surface area contributed by atoms with E-state index in [1.165, 1.54) is 25.7 Å². The van der Waals surface area contributed by atoms with Crippen molar-refractivity contribution in [2.45, 2.75) is 70.9 Å². The van der Waals surface area contributed by atoms with E-state index in [1.807, 2.05) is 29.2 Å². The fraction of sp³-hybridized carbons (Fsp3) is 0.560. The highest BCUT2D eigenvalue weighted by Gasteiger charge is 2.29. The number of carbonyl (C=O) groups excluding carboxylic acids is 1. The molecule has 0 radical (unpaired) electrons. The Morgan fingerprint density at radius 1 is 1.21 bits per heavy atom. The molecule has 176 valence electrons. The van der Waals surface area contributed by atoms with Gasteiger partial charge < -0.3 is 15.7 Å². The van der Waals surface area contributed by atoms with Crippen LogP contribution in [0.25, 0.3) is 5.52 Å². The molecule has 0 spiro atoms. The molecule has 8 heteroatoms. The molecule has 3 aromatic heterocycles. The molecule has 0 bridgehead atoms. The van der Waals surface area contributed by atoms with Crippen LogP contribution in [0.5, 0.6) is 0 Å². The molecule has 0 saturated heterocycles. The van der Waals surface area contributed by atoms with E-state index in [-0.39, 0.29) is 5.91 Å². The molecule has 5 rings (SSSR count). The molecule has 2 saturated carbocycles. The third kappa shape index (κ3) is 4.76. The molecule has 0 aliphatic heterocycles. The zero-order chi connectivity index (χ0) is 23.2. The predicted octanol–water partition coefficient (Wildman–Crippen LogP) is 4.58. The van der Waals surface area contributed by atoms with Crippen LogP contribution in [-0.4, -0.2) is 37.0 Å². The number of aromatic nitrogens is 4. The van der Waals surface area contributed by atoms with Crippen molar-refractivity contribution >= 4 is 22.8 Å². The first kappa shape index (κ1) is 21.9. The summed E-state index contributed by atoms with van der Waals surface area (Å²) in [5.41, 5.74) is 2.08. The topological polar surface area (TPSA) is 96.5 Å². The first-order chi connectivity index (χ1) is 15.8. The largest absolute Gasteiger partial charge is 0.385 e. The van der Waals surface area contributed by atoms with Crippen LogP contribution in [0.2, 0.25) is 0 Å². The lowest BCUT2D eigenvalue weighted by atomic mass is 9.87. The maximum atomic E-state index is 13.3. The van der Waals surface area contributed by atoms with Gasteiger partial charge in [0, 0.05) is 24.6 Å². The smallest absolute Gasteiger partial charge is 0.259 e. The molecule has 3 N–H and O–H groups in total. The minimum atomic E-state index is -1.17. The number of anilines is 2. The summed E-state index contributed by atoms with van der Waals surface area (Å²) in [5, 5.41) is 26.2. The molecule has 2 aliphatic rings. The molecular weight excluding hydrogens is 416 g/mol. The average molecular weight is 451 g/mol. The van der Waals surface area contributed by atoms with Crippen molar-refractivity contribution in [3.8, 4) is 0 Å². The highest BCUT2D eigenvalue weighted by Crippen LogP contribution is 2.35. The van der Waals surface area contributed by atoms with Crippen molar-refractivity contribution in [3.05, 3.63) is 42.0 Å². The Kier molecular flexibility index (Phi) is 5.64. The zero-order valence-electron chi connectivity index (χ0n) is 19.7. The second-order valence-corrected chi connectivity index (χ2v) is 10.4. The number of aliphatic hydroxyl groups is 1. The predicted molar refractivity (Wildman–Crippen MR) is 128 cm³/mol. The van der Waals surface area contributed by atoms with E-state index < -0.39 is 5.60 Å². The maximum Gasteiger partial charge on any atom is 0.259 e. The Balaban J connectivity index is 1.39. The fourth-order valence-corrected chi connectivity index (χ4v) is 4.67. The summed E-state index contributed by atoms with van der Waals surface area (Å²) in [6.07, 6.45) is 12.4. The van der Waals surface area contributed by atoms with Gasteiger partial charge in [0.25, 0.3) is 5.91 Å². The minimum absolute atomic E-state index is 0.258. The van der Waals surface area contributed by atoms with E-state index in [0.717, 1.165) is 42.4 Å². The lowest BCUT2D eigenvalue weighted by Gasteiger charge is -2.26. The number of fused-ring (bicyclic) bond motifs is 1. The maximum absolute atomic E-state index is 13.3. The fourth-order valence-electron chi connectivity index (χ4n) is 4.67. The van der Waals surface area contributed by atoms with E-state index in [1.54, 1.807) is 24.6 Å². The van der Waals surface area contributed by atoms with E-state index in [2.05, 4.69) is 22.7 Å². The van der Waals surface area contributed by atoms with Gasteiger partial charge in [-0.25, -0.2) is 4.52 Å². The molecule has 0 aromatic carbocycles. The number of carbonyl (C=O) groups is 1. The number of hydrogen-bond acceptors (Lipinski definition) is 5. The second kappa shape index (κ2) is 8.48. The normalized spacial score (nSPS) is 21.3. The van der Waals surface area contributed by atoms with Crippen LogP contribution < -0.4 is 10.6 Å². The lowest BCUT2D eigenvalue weighted by molar-refractivity contribution is 0.0730. The summed E-state index contributed by atoms with van der Waals surface area (Å²) in [6, 6.07) is 4.24. The standard InChI is InChI=1S/C25H34N6O2/c1-16-4-8-19(9-5-16)31-15-21(23(29-31)25(2,3)33)28-24(32)20-14-27-30-11-10-18(12-22(20)30)26-13-17-6-7-17/h10-12,14-17,19,26,33H,4-9,13H2,1-3H3,(H,28,32)/t16-,19-. The van der Waals surface area contributed by atoms with Crippen molar-refractivity contribution in [1.29, 1.82) is 0 Å². The Morgan fingerprint density at radius 2 is 1.97 bits per heavy atom. The van der Waals surface area contributed by atoms with Gasteiger partial charge in [-0.05, 0) is 76.3 Å². The van der Waals surface area contributed by atoms with E-state index in [4.69, 9.17) is 5.10 Å². The summed E-state index contributed by atoms with van der Waals surface area (Å²) in [7, 11) is 0. The third-order valence-corrected chi connectivity index (χ3v) is 6.98. The monoisotopic (exact) mass is 450 g/mol. The first-order valence-electron chi connectivity index (χ1n) is 12.1. The first-order valence-corrected chi connectivity index (χ1v) is 12.1. The number of nitrogens with one attached hydrogen (secondary N) is 2. The summed E-state index contributed by atoms with van der Waals surface area (Å²) in [6.45, 7) is 6.65. The average Bonchev–Trinajstić information content (AvgIpc) is 3.35. The van der Waals surface area contributed by atoms with Gasteiger partial charge in [0.1, 0.15) is 11.3 Å². The van der Waals surface area contributed by atoms with Gasteiger partial charge in [-0.15, -0.1) is 0 Å². The van der Waals surface area contributed by atoms with Crippen molar-refractivity contribution in [1.82, 2.24) is 19.4 Å². The van der Waals surface area contributed by atoms with Gasteiger partial charge in [0.05, 0.1) is 29.0 Å². The Labute approximate surface area is 194 Å². The number of pyridine rings is 1. The molecule has 0 unspecified atom stereocenters. The van der Waals surface area contributed by atoms with Crippen LogP contribution in [0.3, 0.4) is 0 Å². The molecule has 3 heterocycles. The quantitative estimate of drug-likeness (QED) is 0.489. The highest BCUT2D eigenvalue weighted by atomic mass is 16.3. The van der Waals surface area contributed by atoms with Crippen molar-refractivity contribution in [3.63, 3.8) is 0 Å². The van der Waals surface area contributed by atoms with Gasteiger partial charge in [-0.1, -0.05) is 6.92 Å². The molecule has 3 aromatic rings. The SMILES string of the molecule is CC(C)(O)c1nn([C@H]2CC[C@H](C)CC2)cc1NC(=O)c1cnn2ccc(NCC3CC3)cc12. The van der Waals surface area contributed by atoms with Gasteiger partial charge >= 0.3 is 0 Å². The van der Waals surface area contributed by atoms with Crippen molar-refractivity contribution < 1.29 is 9.90 Å². The van der Waals surface area contributed by atoms with Crippen molar-refractivity contribution in [2.24, 2.45) is 11.8 Å². The number of amides is 1. The van der Waals surface area contributed by atoms with Crippen LogP contribution in [0.4, 0.5) is 11.4 Å². The summed E-state index contributed by atoms with van der Waals surface area (Å²) in [4.78, 5) is 13.3. The van der Waals surface area contributed by atoms with Crippen LogP contribution in [0.15, 0.2) is 30.7 Å². The Morgan fingerprint density at radius 3 is 2.67 bits per heavy atom. The van der Waals surface area contributed by atoms with E-state index >= 15 is 0 Å². The van der Waals surface area contributed by atoms with Crippen LogP contribution in [0.1, 0.15) is 81.4 Å². The van der Waals surface area contributed by atoms with Crippen molar-refractivity contribution in [2.75, 3.05) is 17.2 Å². The molecule has 33 heavy (non-hydrogen) atoms. The minimum Gasteiger partial charge on any atom is -0.385 e. The van der Waals surface area contributed by atoms with Gasteiger partial charge in [0.15, 0.2) is 0 Å². The third-order valence-electron chi connectivity index (χ3n) is 6.98. The Hall–Kier alpha value is -2.87. The van der Waals surface area contributed by atoms with Gasteiger partial charge in [0.2, 0.25) is 0 Å². The molecule has 0 atom stereocenters. The summed E-state index contributed by atoms with van der Waals surface area (Å²) >= 11 is 0. The molecule has 2 fully saturated rings. The molecular formula is C25H34N6O2. The molecule has 2 aliphatic carbocycles. The number of hydrogen-bond donors (Lipinski definition) is 3. The molecule has 1 amide bonds. The van der Waals surface area contributed by atoms with Crippen LogP contribution >= 0.6 is 0 Å². The van der Waals surface area contributed by atoms with E-state index in [9.17, 15) is 9.90 Å². The van der Waals surface area contributed by atoms with Gasteiger partial charge in [-0.2, -0.15) is 10.2 Å². The Bertz CT molecular complexity index is 1150. The van der Waals surface area contributed by atoms with Crippen LogP contribution in [0, 0.1) is 11.8 Å². The second-order valence-electron chi connectivity index (χ2n) is 10.4. The van der Waals surface area contributed by atoms with Crippen LogP contribution in [-0.2, 0) is 5.60 Å². The molecule has 8 nitrogen and oxygen atoms in total. The highest BCUT2D eigenvalue weighted by molar-refractivity contribution is 6.09. The van der Waals surface area contributed by atoms with E-state index in [0.29, 0.717) is 23.0 Å². The lowest BCUT2D eigenvalue weighted by Crippen LogP contribution is -2.22. The number of nitrogens with zero attached hydrogens (tertiary/aromatic N) is 4. The number of rotatable bonds is 7. The van der Waals surface area contributed by atoms with Gasteiger partial charge in [-0.3, -0.25) is 9.48 Å². The zero-order valence-corrected chi connectivity index (χ0v) is 19.7. The summed E-state index contributed by atoms with van der Waals surface area (Å²) in [5.74, 6) is 1.24.